The number of rotatable bonds is 7. The molecule has 30 heavy (non-hydrogen) atoms. The van der Waals surface area contributed by atoms with Crippen LogP contribution in [0.3, 0.4) is 0 Å². The minimum absolute atomic E-state index is 0.0582. The van der Waals surface area contributed by atoms with Crippen molar-refractivity contribution in [3.8, 4) is 0 Å². The summed E-state index contributed by atoms with van der Waals surface area (Å²) in [5.74, 6) is -0.679. The monoisotopic (exact) mass is 433 g/mol. The van der Waals surface area contributed by atoms with Crippen LogP contribution in [0.15, 0.2) is 43.1 Å². The molecule has 3 rings (SSSR count). The van der Waals surface area contributed by atoms with Gasteiger partial charge in [0.2, 0.25) is 10.0 Å². The number of nitrogens with zero attached hydrogens (tertiary/aromatic N) is 5. The molecule has 2 aromatic rings. The number of carbonyl (C=O) groups is 1. The fourth-order valence-electron chi connectivity index (χ4n) is 3.42. The lowest BCUT2D eigenvalue weighted by Gasteiger charge is -2.27. The predicted octanol–water partition coefficient (Wildman–Crippen LogP) is 0.810. The van der Waals surface area contributed by atoms with Crippen molar-refractivity contribution in [2.24, 2.45) is 0 Å². The van der Waals surface area contributed by atoms with Gasteiger partial charge in [0.1, 0.15) is 6.04 Å². The summed E-state index contributed by atoms with van der Waals surface area (Å²) in [6.07, 6.45) is 3.31. The molecule has 1 aromatic heterocycles. The van der Waals surface area contributed by atoms with Crippen LogP contribution in [0.1, 0.15) is 16.8 Å². The summed E-state index contributed by atoms with van der Waals surface area (Å²) in [6.45, 7) is 7.19. The summed E-state index contributed by atoms with van der Waals surface area (Å²) in [7, 11) is -2.36. The molecular weight excluding hydrogens is 406 g/mol. The van der Waals surface area contributed by atoms with E-state index in [9.17, 15) is 13.2 Å². The smallest absolute Gasteiger partial charge is 0.325 e. The van der Waals surface area contributed by atoms with Crippen molar-refractivity contribution in [3.63, 3.8) is 0 Å². The number of ether oxygens (including phenoxy) is 1. The average Bonchev–Trinajstić information content (AvgIpc) is 3.11. The van der Waals surface area contributed by atoms with Crippen molar-refractivity contribution in [2.45, 2.75) is 26.1 Å². The maximum atomic E-state index is 12.7. The number of carbonyl (C=O) groups excluding carboxylic acids is 1. The first-order valence-corrected chi connectivity index (χ1v) is 11.3. The standard InChI is InChI=1S/C20H27N5O4S/c1-4-9-25-19(20(26)29-3)15-23(10-11-30(25,27)28)13-18-14-24(22-21-18)12-17-7-5-16(2)6-8-17/h4-8,14,19H,1,9-13,15H2,2-3H3. The number of sulfonamides is 1. The van der Waals surface area contributed by atoms with Crippen molar-refractivity contribution < 1.29 is 17.9 Å². The Morgan fingerprint density at radius 2 is 2.03 bits per heavy atom. The molecule has 1 saturated heterocycles. The van der Waals surface area contributed by atoms with Crippen molar-refractivity contribution in [1.29, 1.82) is 0 Å². The molecule has 0 N–H and O–H groups in total. The molecule has 162 valence electrons. The van der Waals surface area contributed by atoms with E-state index in [1.807, 2.05) is 42.3 Å². The van der Waals surface area contributed by atoms with E-state index >= 15 is 0 Å². The van der Waals surface area contributed by atoms with Crippen molar-refractivity contribution in [2.75, 3.05) is 32.5 Å². The fraction of sp³-hybridized carbons (Fsp3) is 0.450. The second kappa shape index (κ2) is 9.50. The summed E-state index contributed by atoms with van der Waals surface area (Å²) in [5.41, 5.74) is 3.02. The van der Waals surface area contributed by atoms with Crippen LogP contribution in [0.5, 0.6) is 0 Å². The fourth-order valence-corrected chi connectivity index (χ4v) is 5.02. The summed E-state index contributed by atoms with van der Waals surface area (Å²) in [6, 6.07) is 7.26. The Labute approximate surface area is 177 Å². The van der Waals surface area contributed by atoms with Crippen LogP contribution < -0.4 is 0 Å². The van der Waals surface area contributed by atoms with Crippen LogP contribution in [0.2, 0.25) is 0 Å². The van der Waals surface area contributed by atoms with E-state index in [-0.39, 0.29) is 25.4 Å². The van der Waals surface area contributed by atoms with Crippen LogP contribution in [0.4, 0.5) is 0 Å². The lowest BCUT2D eigenvalue weighted by Crippen LogP contribution is -2.48. The Hall–Kier alpha value is -2.56. The molecule has 10 heteroatoms. The van der Waals surface area contributed by atoms with E-state index in [4.69, 9.17) is 4.74 Å². The van der Waals surface area contributed by atoms with Gasteiger partial charge in [-0.2, -0.15) is 4.31 Å². The van der Waals surface area contributed by atoms with E-state index in [0.29, 0.717) is 18.8 Å². The molecule has 1 fully saturated rings. The highest BCUT2D eigenvalue weighted by atomic mass is 32.2. The molecule has 1 atom stereocenters. The first-order chi connectivity index (χ1) is 14.3. The molecule has 0 bridgehead atoms. The van der Waals surface area contributed by atoms with E-state index in [0.717, 1.165) is 5.56 Å². The minimum atomic E-state index is -3.61. The Morgan fingerprint density at radius 3 is 2.70 bits per heavy atom. The average molecular weight is 434 g/mol. The number of methoxy groups -OCH3 is 1. The number of esters is 1. The van der Waals surface area contributed by atoms with Gasteiger partial charge in [0.15, 0.2) is 0 Å². The van der Waals surface area contributed by atoms with Crippen LogP contribution in [0.25, 0.3) is 0 Å². The molecule has 0 aliphatic carbocycles. The third-order valence-corrected chi connectivity index (χ3v) is 6.84. The van der Waals surface area contributed by atoms with E-state index in [1.54, 1.807) is 4.68 Å². The van der Waals surface area contributed by atoms with Gasteiger partial charge in [-0.25, -0.2) is 13.1 Å². The maximum Gasteiger partial charge on any atom is 0.325 e. The van der Waals surface area contributed by atoms with Crippen LogP contribution >= 0.6 is 0 Å². The molecule has 9 nitrogen and oxygen atoms in total. The topological polar surface area (TPSA) is 97.6 Å². The maximum absolute atomic E-state index is 12.7. The summed E-state index contributed by atoms with van der Waals surface area (Å²) >= 11 is 0. The quantitative estimate of drug-likeness (QED) is 0.471. The summed E-state index contributed by atoms with van der Waals surface area (Å²) < 4.78 is 33.1. The van der Waals surface area contributed by atoms with Gasteiger partial charge in [0, 0.05) is 26.2 Å². The molecule has 1 aliphatic heterocycles. The third-order valence-electron chi connectivity index (χ3n) is 5.02. The molecule has 1 aromatic carbocycles. The molecule has 0 spiro atoms. The van der Waals surface area contributed by atoms with Gasteiger partial charge in [-0.1, -0.05) is 41.1 Å². The first-order valence-electron chi connectivity index (χ1n) is 9.67. The van der Waals surface area contributed by atoms with E-state index < -0.39 is 22.0 Å². The van der Waals surface area contributed by atoms with Crippen molar-refractivity contribution in [3.05, 3.63) is 59.9 Å². The summed E-state index contributed by atoms with van der Waals surface area (Å²) in [4.78, 5) is 14.2. The molecule has 1 unspecified atom stereocenters. The number of hydrogen-bond acceptors (Lipinski definition) is 7. The van der Waals surface area contributed by atoms with Gasteiger partial charge in [-0.15, -0.1) is 11.7 Å². The molecular formula is C20H27N5O4S. The molecule has 0 radical (unpaired) electrons. The Balaban J connectivity index is 1.73. The minimum Gasteiger partial charge on any atom is -0.468 e. The highest BCUT2D eigenvalue weighted by Crippen LogP contribution is 2.17. The Morgan fingerprint density at radius 1 is 1.30 bits per heavy atom. The van der Waals surface area contributed by atoms with Gasteiger partial charge in [0.05, 0.1) is 31.3 Å². The molecule has 1 aliphatic rings. The second-order valence-electron chi connectivity index (χ2n) is 7.34. The number of hydrogen-bond donors (Lipinski definition) is 0. The van der Waals surface area contributed by atoms with E-state index in [1.165, 1.54) is 23.1 Å². The third kappa shape index (κ3) is 5.32. The highest BCUT2D eigenvalue weighted by Gasteiger charge is 2.39. The lowest BCUT2D eigenvalue weighted by atomic mass is 10.1. The van der Waals surface area contributed by atoms with Crippen LogP contribution in [-0.2, 0) is 32.6 Å². The predicted molar refractivity (Wildman–Crippen MR) is 112 cm³/mol. The van der Waals surface area contributed by atoms with Gasteiger partial charge < -0.3 is 4.74 Å². The SMILES string of the molecule is C=CCN1C(C(=O)OC)CN(Cc2cn(Cc3ccc(C)cc3)nn2)CCS1(=O)=O. The van der Waals surface area contributed by atoms with Gasteiger partial charge in [0.25, 0.3) is 0 Å². The molecule has 0 saturated carbocycles. The zero-order chi connectivity index (χ0) is 21.7. The van der Waals surface area contributed by atoms with Crippen LogP contribution in [-0.4, -0.2) is 77.1 Å². The van der Waals surface area contributed by atoms with Gasteiger partial charge in [-0.05, 0) is 12.5 Å². The molecule has 2 heterocycles. The molecule has 0 amide bonds. The van der Waals surface area contributed by atoms with Gasteiger partial charge >= 0.3 is 5.97 Å². The largest absolute Gasteiger partial charge is 0.468 e. The summed E-state index contributed by atoms with van der Waals surface area (Å²) in [5, 5.41) is 8.38. The second-order valence-corrected chi connectivity index (χ2v) is 9.38. The normalized spacial score (nSPS) is 19.9. The lowest BCUT2D eigenvalue weighted by molar-refractivity contribution is -0.145. The number of aromatic nitrogens is 3. The number of aryl methyl sites for hydroxylation is 1. The van der Waals surface area contributed by atoms with Crippen LogP contribution in [0, 0.1) is 6.92 Å². The van der Waals surface area contributed by atoms with E-state index in [2.05, 4.69) is 16.9 Å². The number of benzene rings is 1. The van der Waals surface area contributed by atoms with Gasteiger partial charge in [-0.3, -0.25) is 9.69 Å². The zero-order valence-corrected chi connectivity index (χ0v) is 18.1. The zero-order valence-electron chi connectivity index (χ0n) is 17.3. The van der Waals surface area contributed by atoms with Crippen molar-refractivity contribution in [1.82, 2.24) is 24.2 Å². The van der Waals surface area contributed by atoms with Crippen molar-refractivity contribution >= 4 is 16.0 Å². The first kappa shape index (κ1) is 22.1. The Bertz CT molecular complexity index is 987. The highest BCUT2D eigenvalue weighted by molar-refractivity contribution is 7.89. The Kier molecular flexibility index (Phi) is 7.01.